The number of likely N-dealkylation sites (N-methyl/N-ethyl adjacent to an activating group) is 1. The first kappa shape index (κ1) is 21.9. The monoisotopic (exact) mass is 432 g/mol. The van der Waals surface area contributed by atoms with Crippen LogP contribution in [0.4, 0.5) is 5.00 Å². The minimum atomic E-state index is -0.347. The van der Waals surface area contributed by atoms with Gasteiger partial charge in [-0.05, 0) is 43.7 Å². The molecule has 0 atom stereocenters. The predicted octanol–water partition coefficient (Wildman–Crippen LogP) is 4.59. The van der Waals surface area contributed by atoms with E-state index in [0.29, 0.717) is 22.4 Å². The summed E-state index contributed by atoms with van der Waals surface area (Å²) < 4.78 is 5.26. The standard InChI is InChI=1S/C22H28N2O3S2/c1-5-27-22(26)20-17-10-11-24(4)13-18(17)29-21(20)23-19(25)12-15-6-8-16(9-7-15)28-14(2)3/h6-9,14H,5,10-13H2,1-4H3,(H,23,25). The minimum absolute atomic E-state index is 0.119. The van der Waals surface area contributed by atoms with E-state index in [9.17, 15) is 9.59 Å². The SMILES string of the molecule is CCOC(=O)c1c(NC(=O)Cc2ccc(SC(C)C)cc2)sc2c1CCN(C)C2. The van der Waals surface area contributed by atoms with Crippen molar-refractivity contribution in [1.29, 1.82) is 0 Å². The van der Waals surface area contributed by atoms with Gasteiger partial charge in [0, 0.05) is 28.1 Å². The van der Waals surface area contributed by atoms with Crippen molar-refractivity contribution in [3.8, 4) is 0 Å². The summed E-state index contributed by atoms with van der Waals surface area (Å²) in [5.74, 6) is -0.466. The Bertz CT molecular complexity index is 875. The zero-order valence-corrected chi connectivity index (χ0v) is 19.0. The van der Waals surface area contributed by atoms with Crippen LogP contribution in [0.2, 0.25) is 0 Å². The van der Waals surface area contributed by atoms with Crippen LogP contribution in [0, 0.1) is 0 Å². The highest BCUT2D eigenvalue weighted by Crippen LogP contribution is 2.37. The van der Waals surface area contributed by atoms with E-state index in [4.69, 9.17) is 4.74 Å². The number of ether oxygens (including phenoxy) is 1. The van der Waals surface area contributed by atoms with Gasteiger partial charge >= 0.3 is 5.97 Å². The average molecular weight is 433 g/mol. The molecule has 2 heterocycles. The molecule has 0 aliphatic carbocycles. The molecular formula is C22H28N2O3S2. The van der Waals surface area contributed by atoms with Gasteiger partial charge in [-0.1, -0.05) is 26.0 Å². The van der Waals surface area contributed by atoms with Gasteiger partial charge in [-0.2, -0.15) is 0 Å². The number of esters is 1. The van der Waals surface area contributed by atoms with E-state index in [1.54, 1.807) is 18.7 Å². The molecule has 1 aromatic heterocycles. The van der Waals surface area contributed by atoms with Crippen LogP contribution >= 0.6 is 23.1 Å². The van der Waals surface area contributed by atoms with E-state index in [2.05, 4.69) is 43.2 Å². The topological polar surface area (TPSA) is 58.6 Å². The molecule has 7 heteroatoms. The summed E-state index contributed by atoms with van der Waals surface area (Å²) in [5, 5.41) is 4.11. The molecule has 0 spiro atoms. The maximum absolute atomic E-state index is 12.7. The Kier molecular flexibility index (Phi) is 7.38. The van der Waals surface area contributed by atoms with E-state index in [1.807, 2.05) is 12.1 Å². The van der Waals surface area contributed by atoms with Gasteiger partial charge in [0.15, 0.2) is 0 Å². The van der Waals surface area contributed by atoms with Gasteiger partial charge in [-0.15, -0.1) is 23.1 Å². The molecule has 1 aliphatic heterocycles. The Morgan fingerprint density at radius 1 is 1.28 bits per heavy atom. The summed E-state index contributed by atoms with van der Waals surface area (Å²) in [6.07, 6.45) is 1.07. The van der Waals surface area contributed by atoms with Crippen molar-refractivity contribution in [1.82, 2.24) is 4.90 Å². The number of amides is 1. The van der Waals surface area contributed by atoms with Gasteiger partial charge in [0.25, 0.3) is 0 Å². The molecule has 1 N–H and O–H groups in total. The number of thiophene rings is 1. The minimum Gasteiger partial charge on any atom is -0.462 e. The Morgan fingerprint density at radius 2 is 2.00 bits per heavy atom. The van der Waals surface area contributed by atoms with Crippen molar-refractivity contribution in [3.63, 3.8) is 0 Å². The second kappa shape index (κ2) is 9.78. The molecule has 1 amide bonds. The van der Waals surface area contributed by atoms with Crippen molar-refractivity contribution >= 4 is 40.0 Å². The van der Waals surface area contributed by atoms with Crippen LogP contribution in [-0.4, -0.2) is 42.2 Å². The van der Waals surface area contributed by atoms with Crippen LogP contribution < -0.4 is 5.32 Å². The highest BCUT2D eigenvalue weighted by Gasteiger charge is 2.28. The lowest BCUT2D eigenvalue weighted by atomic mass is 10.0. The molecule has 0 saturated carbocycles. The van der Waals surface area contributed by atoms with Gasteiger partial charge in [-0.3, -0.25) is 4.79 Å². The number of fused-ring (bicyclic) bond motifs is 1. The first-order valence-corrected chi connectivity index (χ1v) is 11.6. The van der Waals surface area contributed by atoms with Crippen molar-refractivity contribution in [3.05, 3.63) is 45.8 Å². The second-order valence-corrected chi connectivity index (χ2v) is 10.2. The first-order chi connectivity index (χ1) is 13.9. The van der Waals surface area contributed by atoms with E-state index >= 15 is 0 Å². The number of nitrogens with zero attached hydrogens (tertiary/aromatic N) is 1. The molecule has 0 saturated heterocycles. The van der Waals surface area contributed by atoms with Gasteiger partial charge in [0.05, 0.1) is 18.6 Å². The molecule has 1 aliphatic rings. The fraction of sp³-hybridized carbons (Fsp3) is 0.455. The van der Waals surface area contributed by atoms with E-state index in [-0.39, 0.29) is 18.3 Å². The number of benzene rings is 1. The Hall–Kier alpha value is -1.83. The zero-order valence-electron chi connectivity index (χ0n) is 17.4. The van der Waals surface area contributed by atoms with Gasteiger partial charge in [0.1, 0.15) is 5.00 Å². The average Bonchev–Trinajstić information content (AvgIpc) is 2.99. The molecule has 1 aromatic carbocycles. The van der Waals surface area contributed by atoms with Gasteiger partial charge < -0.3 is 15.0 Å². The van der Waals surface area contributed by atoms with Crippen LogP contribution in [0.5, 0.6) is 0 Å². The Labute approximate surface area is 180 Å². The van der Waals surface area contributed by atoms with Gasteiger partial charge in [0.2, 0.25) is 5.91 Å². The Morgan fingerprint density at radius 3 is 2.66 bits per heavy atom. The van der Waals surface area contributed by atoms with E-state index in [0.717, 1.165) is 35.5 Å². The number of carbonyl (C=O) groups is 2. The molecule has 5 nitrogen and oxygen atoms in total. The maximum Gasteiger partial charge on any atom is 0.341 e. The number of hydrogen-bond donors (Lipinski definition) is 1. The number of anilines is 1. The third kappa shape index (κ3) is 5.62. The largest absolute Gasteiger partial charge is 0.462 e. The molecule has 0 fully saturated rings. The molecule has 156 valence electrons. The van der Waals surface area contributed by atoms with Crippen LogP contribution in [0.3, 0.4) is 0 Å². The molecular weight excluding hydrogens is 404 g/mol. The molecule has 0 bridgehead atoms. The molecule has 29 heavy (non-hydrogen) atoms. The summed E-state index contributed by atoms with van der Waals surface area (Å²) in [7, 11) is 2.06. The first-order valence-electron chi connectivity index (χ1n) is 9.93. The number of carbonyl (C=O) groups excluding carboxylic acids is 2. The summed E-state index contributed by atoms with van der Waals surface area (Å²) in [5.41, 5.74) is 2.52. The molecule has 2 aromatic rings. The normalized spacial score (nSPS) is 14.0. The lowest BCUT2D eigenvalue weighted by Crippen LogP contribution is -2.26. The lowest BCUT2D eigenvalue weighted by Gasteiger charge is -2.22. The number of hydrogen-bond acceptors (Lipinski definition) is 6. The van der Waals surface area contributed by atoms with Crippen molar-refractivity contribution in [2.45, 2.75) is 50.3 Å². The number of thioether (sulfide) groups is 1. The fourth-order valence-electron chi connectivity index (χ4n) is 3.35. The maximum atomic E-state index is 12.7. The quantitative estimate of drug-likeness (QED) is 0.512. The summed E-state index contributed by atoms with van der Waals surface area (Å²) in [6, 6.07) is 8.09. The molecule has 3 rings (SSSR count). The summed E-state index contributed by atoms with van der Waals surface area (Å²) in [6.45, 7) is 8.11. The van der Waals surface area contributed by atoms with Crippen LogP contribution in [0.25, 0.3) is 0 Å². The van der Waals surface area contributed by atoms with Crippen molar-refractivity contribution in [2.24, 2.45) is 0 Å². The van der Waals surface area contributed by atoms with Crippen LogP contribution in [-0.2, 0) is 28.9 Å². The highest BCUT2D eigenvalue weighted by molar-refractivity contribution is 7.99. The smallest absolute Gasteiger partial charge is 0.341 e. The van der Waals surface area contributed by atoms with Crippen molar-refractivity contribution in [2.75, 3.05) is 25.5 Å². The van der Waals surface area contributed by atoms with E-state index < -0.39 is 0 Å². The van der Waals surface area contributed by atoms with Crippen molar-refractivity contribution < 1.29 is 14.3 Å². The third-order valence-corrected chi connectivity index (χ3v) is 6.79. The fourth-order valence-corrected chi connectivity index (χ4v) is 5.52. The zero-order chi connectivity index (χ0) is 21.0. The molecule has 0 radical (unpaired) electrons. The number of nitrogens with one attached hydrogen (secondary N) is 1. The lowest BCUT2D eigenvalue weighted by molar-refractivity contribution is -0.115. The predicted molar refractivity (Wildman–Crippen MR) is 120 cm³/mol. The second-order valence-electron chi connectivity index (χ2n) is 7.45. The number of rotatable bonds is 7. The summed E-state index contributed by atoms with van der Waals surface area (Å²) in [4.78, 5) is 29.8. The Balaban J connectivity index is 1.75. The summed E-state index contributed by atoms with van der Waals surface area (Å²) >= 11 is 3.29. The third-order valence-electron chi connectivity index (χ3n) is 4.64. The van der Waals surface area contributed by atoms with Crippen LogP contribution in [0.15, 0.2) is 29.2 Å². The highest BCUT2D eigenvalue weighted by atomic mass is 32.2. The van der Waals surface area contributed by atoms with Gasteiger partial charge in [-0.25, -0.2) is 4.79 Å². The van der Waals surface area contributed by atoms with E-state index in [1.165, 1.54) is 16.2 Å². The molecule has 0 unspecified atom stereocenters. The van der Waals surface area contributed by atoms with Crippen LogP contribution in [0.1, 0.15) is 47.1 Å².